The minimum absolute atomic E-state index is 0.115. The number of nitrogen functional groups attached to an aromatic ring is 1. The van der Waals surface area contributed by atoms with E-state index >= 15 is 0 Å². The molecule has 3 N–H and O–H groups in total. The van der Waals surface area contributed by atoms with Gasteiger partial charge in [-0.3, -0.25) is 14.3 Å². The van der Waals surface area contributed by atoms with E-state index in [-0.39, 0.29) is 23.3 Å². The van der Waals surface area contributed by atoms with Gasteiger partial charge in [-0.1, -0.05) is 24.3 Å². The van der Waals surface area contributed by atoms with Crippen molar-refractivity contribution in [3.8, 4) is 22.3 Å². The molecule has 1 fully saturated rings. The number of hydrogen-bond donors (Lipinski definition) is 2. The maximum absolute atomic E-state index is 13.5. The van der Waals surface area contributed by atoms with E-state index in [1.165, 1.54) is 30.6 Å². The molecule has 1 aliphatic rings. The molecule has 2 aromatic carbocycles. The first-order valence-electron chi connectivity index (χ1n) is 13.8. The van der Waals surface area contributed by atoms with Crippen LogP contribution in [0.15, 0.2) is 72.0 Å². The van der Waals surface area contributed by atoms with Crippen LogP contribution in [0.2, 0.25) is 0 Å². The predicted molar refractivity (Wildman–Crippen MR) is 159 cm³/mol. The van der Waals surface area contributed by atoms with Gasteiger partial charge in [0.05, 0.1) is 5.39 Å². The van der Waals surface area contributed by atoms with E-state index in [0.717, 1.165) is 35.0 Å². The monoisotopic (exact) mass is 567 g/mol. The van der Waals surface area contributed by atoms with Gasteiger partial charge in [-0.2, -0.15) is 5.10 Å². The van der Waals surface area contributed by atoms with Crippen molar-refractivity contribution in [3.63, 3.8) is 0 Å². The van der Waals surface area contributed by atoms with Crippen molar-refractivity contribution in [1.82, 2.24) is 24.3 Å². The summed E-state index contributed by atoms with van der Waals surface area (Å²) >= 11 is 0. The Bertz CT molecular complexity index is 1820. The highest BCUT2D eigenvalue weighted by Crippen LogP contribution is 2.36. The molecule has 1 aliphatic heterocycles. The molecule has 10 nitrogen and oxygen atoms in total. The molecule has 0 unspecified atom stereocenters. The van der Waals surface area contributed by atoms with Crippen molar-refractivity contribution in [3.05, 3.63) is 89.0 Å². The number of carbonyl (C=O) groups excluding carboxylic acids is 1. The maximum Gasteiger partial charge on any atom is 0.280 e. The molecule has 1 amide bonds. The molecule has 1 saturated heterocycles. The lowest BCUT2D eigenvalue weighted by molar-refractivity contribution is 0.0706. The van der Waals surface area contributed by atoms with E-state index in [9.17, 15) is 14.0 Å². The number of halogens is 1. The molecule has 4 heterocycles. The summed E-state index contributed by atoms with van der Waals surface area (Å²) in [6, 6.07) is 13.0. The summed E-state index contributed by atoms with van der Waals surface area (Å²) in [5, 5.41) is 7.88. The number of carbonyl (C=O) groups is 1. The van der Waals surface area contributed by atoms with Gasteiger partial charge in [0.15, 0.2) is 5.69 Å². The lowest BCUT2D eigenvalue weighted by atomic mass is 10.1. The Labute approximate surface area is 241 Å². The van der Waals surface area contributed by atoms with Crippen LogP contribution in [-0.2, 0) is 4.74 Å². The van der Waals surface area contributed by atoms with Crippen molar-refractivity contribution >= 4 is 28.4 Å². The number of aromatic nitrogens is 5. The average molecular weight is 568 g/mol. The number of ether oxygens (including phenoxy) is 1. The number of nitrogens with two attached hydrogens (primary N) is 1. The van der Waals surface area contributed by atoms with E-state index in [4.69, 9.17) is 10.5 Å². The highest BCUT2D eigenvalue weighted by molar-refractivity contribution is 6.04. The molecular weight excluding hydrogens is 537 g/mol. The molecule has 0 radical (unpaired) electrons. The number of rotatable bonds is 6. The van der Waals surface area contributed by atoms with Gasteiger partial charge in [0.1, 0.15) is 23.6 Å². The third-order valence-electron chi connectivity index (χ3n) is 7.51. The van der Waals surface area contributed by atoms with Gasteiger partial charge in [0.25, 0.3) is 5.91 Å². The van der Waals surface area contributed by atoms with Crippen molar-refractivity contribution in [2.24, 2.45) is 0 Å². The largest absolute Gasteiger partial charge is 0.383 e. The van der Waals surface area contributed by atoms with Gasteiger partial charge in [0, 0.05) is 54.5 Å². The van der Waals surface area contributed by atoms with Gasteiger partial charge in [-0.05, 0) is 62.1 Å². The SMILES string of the molecule is CC(C)n1cc(-c2ccc(F)cc2)c(=O)c(C(=O)Nc2ccc(-c3cn(C4CCOCC4)c4ncnc(N)c34)cc2)n1. The Morgan fingerprint density at radius 2 is 1.67 bits per heavy atom. The van der Waals surface area contributed by atoms with Gasteiger partial charge in [0.2, 0.25) is 5.43 Å². The van der Waals surface area contributed by atoms with Crippen LogP contribution in [0.4, 0.5) is 15.9 Å². The molecule has 11 heteroatoms. The van der Waals surface area contributed by atoms with E-state index in [0.29, 0.717) is 30.3 Å². The zero-order chi connectivity index (χ0) is 29.4. The number of benzene rings is 2. The quantitative estimate of drug-likeness (QED) is 0.287. The third kappa shape index (κ3) is 5.14. The van der Waals surface area contributed by atoms with Crippen molar-refractivity contribution in [1.29, 1.82) is 0 Å². The van der Waals surface area contributed by atoms with Gasteiger partial charge in [-0.25, -0.2) is 14.4 Å². The van der Waals surface area contributed by atoms with Crippen molar-refractivity contribution < 1.29 is 13.9 Å². The lowest BCUT2D eigenvalue weighted by Crippen LogP contribution is -2.28. The Hall–Kier alpha value is -4.90. The smallest absolute Gasteiger partial charge is 0.280 e. The van der Waals surface area contributed by atoms with Crippen LogP contribution in [0, 0.1) is 5.82 Å². The summed E-state index contributed by atoms with van der Waals surface area (Å²) in [7, 11) is 0. The van der Waals surface area contributed by atoms with Gasteiger partial charge >= 0.3 is 0 Å². The molecule has 0 atom stereocenters. The summed E-state index contributed by atoms with van der Waals surface area (Å²) in [6.45, 7) is 5.17. The second-order valence-electron chi connectivity index (χ2n) is 10.6. The molecule has 0 spiro atoms. The first kappa shape index (κ1) is 27.3. The number of nitrogens with one attached hydrogen (secondary N) is 1. The Kier molecular flexibility index (Phi) is 7.26. The van der Waals surface area contributed by atoms with Crippen LogP contribution in [-0.4, -0.2) is 43.4 Å². The van der Waals surface area contributed by atoms with E-state index in [1.807, 2.05) is 26.0 Å². The predicted octanol–water partition coefficient (Wildman–Crippen LogP) is 5.23. The lowest BCUT2D eigenvalue weighted by Gasteiger charge is -2.24. The summed E-state index contributed by atoms with van der Waals surface area (Å²) in [5.74, 6) is -0.659. The first-order chi connectivity index (χ1) is 20.3. The van der Waals surface area contributed by atoms with Crippen LogP contribution in [0.3, 0.4) is 0 Å². The maximum atomic E-state index is 13.5. The van der Waals surface area contributed by atoms with Crippen LogP contribution in [0.5, 0.6) is 0 Å². The summed E-state index contributed by atoms with van der Waals surface area (Å²) in [5.41, 5.74) is 9.31. The van der Waals surface area contributed by atoms with E-state index < -0.39 is 17.2 Å². The number of hydrogen-bond acceptors (Lipinski definition) is 7. The molecule has 42 heavy (non-hydrogen) atoms. The zero-order valence-electron chi connectivity index (χ0n) is 23.3. The molecule has 3 aromatic heterocycles. The standard InChI is InChI=1S/C31H30FN7O3/c1-18(2)39-16-25(20-3-7-21(32)8-4-20)28(40)27(37-39)31(41)36-22-9-5-19(6-10-22)24-15-38(23-11-13-42-14-12-23)30-26(24)29(33)34-17-35-30/h3-10,15-18,23H,11-14H2,1-2H3,(H,36,41)(H2,33,34,35). The number of amides is 1. The highest BCUT2D eigenvalue weighted by Gasteiger charge is 2.23. The van der Waals surface area contributed by atoms with Crippen molar-refractivity contribution in [2.45, 2.75) is 38.8 Å². The molecule has 0 bridgehead atoms. The summed E-state index contributed by atoms with van der Waals surface area (Å²) in [4.78, 5) is 35.4. The van der Waals surface area contributed by atoms with Crippen LogP contribution >= 0.6 is 0 Å². The van der Waals surface area contributed by atoms with Crippen molar-refractivity contribution in [2.75, 3.05) is 24.3 Å². The Morgan fingerprint density at radius 3 is 2.36 bits per heavy atom. The molecule has 214 valence electrons. The Balaban J connectivity index is 1.31. The van der Waals surface area contributed by atoms with Gasteiger partial charge < -0.3 is 20.4 Å². The zero-order valence-corrected chi connectivity index (χ0v) is 23.3. The molecule has 0 aliphatic carbocycles. The van der Waals surface area contributed by atoms with Crippen LogP contribution in [0.25, 0.3) is 33.3 Å². The second-order valence-corrected chi connectivity index (χ2v) is 10.6. The molecular formula is C31H30FN7O3. The number of nitrogens with zero attached hydrogens (tertiary/aromatic N) is 5. The number of anilines is 2. The minimum atomic E-state index is -0.639. The molecule has 6 rings (SSSR count). The fraction of sp³-hybridized carbons (Fsp3) is 0.258. The third-order valence-corrected chi connectivity index (χ3v) is 7.51. The van der Waals surface area contributed by atoms with Crippen LogP contribution < -0.4 is 16.5 Å². The highest BCUT2D eigenvalue weighted by atomic mass is 19.1. The molecule has 5 aromatic rings. The average Bonchev–Trinajstić information content (AvgIpc) is 3.39. The summed E-state index contributed by atoms with van der Waals surface area (Å²) in [6.07, 6.45) is 6.87. The van der Waals surface area contributed by atoms with Gasteiger partial charge in [-0.15, -0.1) is 0 Å². The fourth-order valence-electron chi connectivity index (χ4n) is 5.25. The second kappa shape index (κ2) is 11.2. The Morgan fingerprint density at radius 1 is 1.00 bits per heavy atom. The number of fused-ring (bicyclic) bond motifs is 1. The van der Waals surface area contributed by atoms with Crippen LogP contribution in [0.1, 0.15) is 49.3 Å². The minimum Gasteiger partial charge on any atom is -0.383 e. The summed E-state index contributed by atoms with van der Waals surface area (Å²) < 4.78 is 22.7. The topological polar surface area (TPSA) is 130 Å². The normalized spacial score (nSPS) is 14.0. The fourth-order valence-corrected chi connectivity index (χ4v) is 5.25. The van der Waals surface area contributed by atoms with E-state index in [1.54, 1.807) is 23.0 Å². The first-order valence-corrected chi connectivity index (χ1v) is 13.8. The molecule has 0 saturated carbocycles. The van der Waals surface area contributed by atoms with E-state index in [2.05, 4.69) is 31.1 Å².